The van der Waals surface area contributed by atoms with Gasteiger partial charge in [0.1, 0.15) is 0 Å². The quantitative estimate of drug-likeness (QED) is 0.448. The smallest absolute Gasteiger partial charge is 0.251 e. The lowest BCUT2D eigenvalue weighted by Gasteiger charge is -2.13. The number of hydrogen-bond acceptors (Lipinski definition) is 5. The number of thioether (sulfide) groups is 1. The zero-order valence-corrected chi connectivity index (χ0v) is 19.6. The fraction of sp³-hybridized carbons (Fsp3) is 0.200. The molecule has 0 aliphatic carbocycles. The molecule has 162 valence electrons. The summed E-state index contributed by atoms with van der Waals surface area (Å²) in [5, 5.41) is 15.6. The number of nitrogens with one attached hydrogen (secondary N) is 2. The summed E-state index contributed by atoms with van der Waals surface area (Å²) < 4.78 is 1.73. The van der Waals surface area contributed by atoms with E-state index in [1.165, 1.54) is 11.8 Å². The standard InChI is InChI=1S/C20H18Cl3N5O2S/c1-11(24-19(30)12-6-8-13(21)9-7-12)18-26-27-20(28(18)2)31-10-16(29)25-15-5-3-4-14(22)17(15)23/h3-9,11H,10H2,1-2H3,(H,24,30)(H,25,29)/t11-/m0/s1. The van der Waals surface area contributed by atoms with Crippen molar-refractivity contribution >= 4 is 64.1 Å². The second-order valence-corrected chi connectivity index (χ2v) is 8.70. The summed E-state index contributed by atoms with van der Waals surface area (Å²) in [6.07, 6.45) is 0. The van der Waals surface area contributed by atoms with E-state index in [4.69, 9.17) is 34.8 Å². The van der Waals surface area contributed by atoms with Gasteiger partial charge in [-0.1, -0.05) is 52.6 Å². The Kier molecular flexibility index (Phi) is 7.83. The van der Waals surface area contributed by atoms with Gasteiger partial charge in [-0.2, -0.15) is 0 Å². The topological polar surface area (TPSA) is 88.9 Å². The molecule has 0 aliphatic rings. The highest BCUT2D eigenvalue weighted by molar-refractivity contribution is 7.99. The Balaban J connectivity index is 1.59. The number of rotatable bonds is 7. The van der Waals surface area contributed by atoms with Crippen molar-refractivity contribution in [3.05, 3.63) is 68.9 Å². The van der Waals surface area contributed by atoms with E-state index < -0.39 is 6.04 Å². The van der Waals surface area contributed by atoms with Crippen LogP contribution in [0.25, 0.3) is 0 Å². The third-order valence-electron chi connectivity index (χ3n) is 4.27. The summed E-state index contributed by atoms with van der Waals surface area (Å²) in [4.78, 5) is 24.7. The van der Waals surface area contributed by atoms with E-state index in [1.54, 1.807) is 61.0 Å². The van der Waals surface area contributed by atoms with Gasteiger partial charge < -0.3 is 15.2 Å². The molecule has 0 unspecified atom stereocenters. The Morgan fingerprint density at radius 3 is 2.52 bits per heavy atom. The largest absolute Gasteiger partial charge is 0.342 e. The van der Waals surface area contributed by atoms with E-state index in [0.717, 1.165) is 0 Å². The van der Waals surface area contributed by atoms with Crippen LogP contribution in [0.3, 0.4) is 0 Å². The number of amides is 2. The molecule has 0 aliphatic heterocycles. The van der Waals surface area contributed by atoms with Crippen LogP contribution in [0.15, 0.2) is 47.6 Å². The summed E-state index contributed by atoms with van der Waals surface area (Å²) in [6, 6.07) is 11.2. The third kappa shape index (κ3) is 5.92. The number of nitrogens with zero attached hydrogens (tertiary/aromatic N) is 3. The van der Waals surface area contributed by atoms with Crippen molar-refractivity contribution in [2.75, 3.05) is 11.1 Å². The van der Waals surface area contributed by atoms with Crippen LogP contribution in [-0.2, 0) is 11.8 Å². The number of halogens is 3. The lowest BCUT2D eigenvalue weighted by atomic mass is 10.2. The highest BCUT2D eigenvalue weighted by Gasteiger charge is 2.19. The van der Waals surface area contributed by atoms with Gasteiger partial charge in [0.2, 0.25) is 5.91 Å². The second-order valence-electron chi connectivity index (χ2n) is 6.54. The molecule has 0 saturated heterocycles. The van der Waals surface area contributed by atoms with E-state index in [2.05, 4.69) is 20.8 Å². The van der Waals surface area contributed by atoms with Crippen LogP contribution >= 0.6 is 46.6 Å². The molecule has 11 heteroatoms. The van der Waals surface area contributed by atoms with Crippen molar-refractivity contribution < 1.29 is 9.59 Å². The monoisotopic (exact) mass is 497 g/mol. The molecule has 1 aromatic heterocycles. The maximum atomic E-state index is 12.4. The van der Waals surface area contributed by atoms with Gasteiger partial charge in [0.25, 0.3) is 5.91 Å². The maximum Gasteiger partial charge on any atom is 0.251 e. The normalized spacial score (nSPS) is 11.8. The minimum absolute atomic E-state index is 0.0975. The van der Waals surface area contributed by atoms with Crippen LogP contribution in [0.2, 0.25) is 15.1 Å². The van der Waals surface area contributed by atoms with E-state index in [9.17, 15) is 9.59 Å². The molecule has 2 amide bonds. The molecule has 1 heterocycles. The minimum Gasteiger partial charge on any atom is -0.342 e. The van der Waals surface area contributed by atoms with Gasteiger partial charge in [-0.05, 0) is 43.3 Å². The first kappa shape index (κ1) is 23.4. The van der Waals surface area contributed by atoms with Crippen LogP contribution in [0.1, 0.15) is 29.1 Å². The zero-order valence-electron chi connectivity index (χ0n) is 16.5. The Morgan fingerprint density at radius 1 is 1.10 bits per heavy atom. The summed E-state index contributed by atoms with van der Waals surface area (Å²) >= 11 is 19.1. The van der Waals surface area contributed by atoms with Crippen LogP contribution < -0.4 is 10.6 Å². The average molecular weight is 499 g/mol. The van der Waals surface area contributed by atoms with Gasteiger partial charge in [0.05, 0.1) is 27.5 Å². The van der Waals surface area contributed by atoms with Gasteiger partial charge >= 0.3 is 0 Å². The summed E-state index contributed by atoms with van der Waals surface area (Å²) in [5.74, 6) is 0.144. The van der Waals surface area contributed by atoms with Crippen molar-refractivity contribution in [1.82, 2.24) is 20.1 Å². The lowest BCUT2D eigenvalue weighted by Crippen LogP contribution is -2.28. The van der Waals surface area contributed by atoms with Crippen molar-refractivity contribution in [3.8, 4) is 0 Å². The number of carbonyl (C=O) groups excluding carboxylic acids is 2. The van der Waals surface area contributed by atoms with Gasteiger partial charge in [0, 0.05) is 17.6 Å². The lowest BCUT2D eigenvalue weighted by molar-refractivity contribution is -0.113. The van der Waals surface area contributed by atoms with Gasteiger partial charge in [-0.25, -0.2) is 0 Å². The first-order valence-corrected chi connectivity index (χ1v) is 11.2. The van der Waals surface area contributed by atoms with Crippen LogP contribution in [-0.4, -0.2) is 32.3 Å². The molecule has 0 saturated carbocycles. The van der Waals surface area contributed by atoms with Crippen LogP contribution in [0.5, 0.6) is 0 Å². The molecule has 3 aromatic rings. The first-order valence-electron chi connectivity index (χ1n) is 9.08. The van der Waals surface area contributed by atoms with Crippen molar-refractivity contribution in [2.45, 2.75) is 18.1 Å². The van der Waals surface area contributed by atoms with Crippen molar-refractivity contribution in [1.29, 1.82) is 0 Å². The van der Waals surface area contributed by atoms with Gasteiger partial charge in [-0.15, -0.1) is 10.2 Å². The summed E-state index contributed by atoms with van der Waals surface area (Å²) in [6.45, 7) is 1.81. The summed E-state index contributed by atoms with van der Waals surface area (Å²) in [5.41, 5.74) is 0.932. The fourth-order valence-corrected chi connectivity index (χ4v) is 3.88. The summed E-state index contributed by atoms with van der Waals surface area (Å²) in [7, 11) is 1.77. The Hall–Kier alpha value is -2.26. The first-order chi connectivity index (χ1) is 14.8. The molecule has 2 N–H and O–H groups in total. The van der Waals surface area contributed by atoms with E-state index in [1.807, 2.05) is 0 Å². The number of benzene rings is 2. The van der Waals surface area contributed by atoms with Crippen LogP contribution in [0.4, 0.5) is 5.69 Å². The van der Waals surface area contributed by atoms with Gasteiger partial charge in [0.15, 0.2) is 11.0 Å². The molecular weight excluding hydrogens is 481 g/mol. The Morgan fingerprint density at radius 2 is 1.81 bits per heavy atom. The molecule has 2 aromatic carbocycles. The molecule has 7 nitrogen and oxygen atoms in total. The molecule has 1 atom stereocenters. The molecule has 0 radical (unpaired) electrons. The van der Waals surface area contributed by atoms with E-state index in [-0.39, 0.29) is 22.6 Å². The number of aromatic nitrogens is 3. The minimum atomic E-state index is -0.394. The predicted octanol–water partition coefficient (Wildman–Crippen LogP) is 5.00. The number of carbonyl (C=O) groups is 2. The second kappa shape index (κ2) is 10.4. The van der Waals surface area contributed by atoms with Crippen molar-refractivity contribution in [3.63, 3.8) is 0 Å². The van der Waals surface area contributed by atoms with E-state index in [0.29, 0.717) is 32.3 Å². The third-order valence-corrected chi connectivity index (χ3v) is 6.36. The maximum absolute atomic E-state index is 12.4. The van der Waals surface area contributed by atoms with Gasteiger partial charge in [-0.3, -0.25) is 9.59 Å². The average Bonchev–Trinajstić information content (AvgIpc) is 3.11. The number of anilines is 1. The fourth-order valence-electron chi connectivity index (χ4n) is 2.69. The number of hydrogen-bond donors (Lipinski definition) is 2. The van der Waals surface area contributed by atoms with Crippen LogP contribution in [0, 0.1) is 0 Å². The highest BCUT2D eigenvalue weighted by atomic mass is 35.5. The molecule has 31 heavy (non-hydrogen) atoms. The highest BCUT2D eigenvalue weighted by Crippen LogP contribution is 2.29. The Bertz CT molecular complexity index is 1100. The van der Waals surface area contributed by atoms with E-state index >= 15 is 0 Å². The predicted molar refractivity (Wildman–Crippen MR) is 124 cm³/mol. The zero-order chi connectivity index (χ0) is 22.5. The molecule has 0 fully saturated rings. The van der Waals surface area contributed by atoms with Crippen molar-refractivity contribution in [2.24, 2.45) is 7.05 Å². The Labute approximate surface area is 198 Å². The molecule has 0 spiro atoms. The molecular formula is C20H18Cl3N5O2S. The molecule has 0 bridgehead atoms. The SMILES string of the molecule is C[C@H](NC(=O)c1ccc(Cl)cc1)c1nnc(SCC(=O)Nc2cccc(Cl)c2Cl)n1C. The molecule has 3 rings (SSSR count).